The smallest absolute Gasteiger partial charge is 0.294 e. The lowest BCUT2D eigenvalue weighted by molar-refractivity contribution is -0.113. The van der Waals surface area contributed by atoms with E-state index in [2.05, 4.69) is 0 Å². The maximum atomic E-state index is 13.3. The number of carbonyl (C=O) groups excluding carboxylic acids is 1. The quantitative estimate of drug-likeness (QED) is 0.355. The highest BCUT2D eigenvalue weighted by molar-refractivity contribution is 7.86. The number of fused-ring (bicyclic) bond motifs is 2. The molecule has 12 heteroatoms. The molecule has 2 aliphatic heterocycles. The van der Waals surface area contributed by atoms with Gasteiger partial charge in [0, 0.05) is 42.0 Å². The van der Waals surface area contributed by atoms with Gasteiger partial charge in [0.15, 0.2) is 5.78 Å². The third kappa shape index (κ3) is 4.00. The van der Waals surface area contributed by atoms with E-state index >= 15 is 0 Å². The first-order valence-corrected chi connectivity index (χ1v) is 15.3. The van der Waals surface area contributed by atoms with E-state index in [-0.39, 0.29) is 32.5 Å². The first-order chi connectivity index (χ1) is 18.3. The van der Waals surface area contributed by atoms with Crippen molar-refractivity contribution in [2.45, 2.75) is 54.4 Å². The van der Waals surface area contributed by atoms with E-state index < -0.39 is 37.1 Å². The van der Waals surface area contributed by atoms with Gasteiger partial charge < -0.3 is 14.9 Å². The number of Topliss-reactive ketones (excluding diaryl/α,β-unsaturated/α-hetero) is 1. The van der Waals surface area contributed by atoms with Gasteiger partial charge in [-0.1, -0.05) is 27.7 Å². The summed E-state index contributed by atoms with van der Waals surface area (Å²) < 4.78 is 65.8. The molecule has 1 atom stereocenters. The molecule has 40 heavy (non-hydrogen) atoms. The molecule has 0 spiro atoms. The molecule has 3 aliphatic rings. The number of aliphatic hydroxyl groups is 1. The second kappa shape index (κ2) is 8.53. The fourth-order valence-corrected chi connectivity index (χ4v) is 7.09. The van der Waals surface area contributed by atoms with Crippen LogP contribution in [0.5, 0.6) is 0 Å². The Bertz CT molecular complexity index is 1820. The van der Waals surface area contributed by atoms with Crippen LogP contribution in [0.1, 0.15) is 38.8 Å². The van der Waals surface area contributed by atoms with Crippen molar-refractivity contribution >= 4 is 37.4 Å². The number of rotatable bonds is 4. The molecule has 0 amide bonds. The Morgan fingerprint density at radius 1 is 0.850 bits per heavy atom. The zero-order valence-corrected chi connectivity index (χ0v) is 24.4. The maximum absolute atomic E-state index is 13.3. The fraction of sp³-hybridized carbons (Fsp3) is 0.321. The van der Waals surface area contributed by atoms with E-state index in [9.17, 15) is 35.8 Å². The van der Waals surface area contributed by atoms with Crippen LogP contribution in [-0.4, -0.2) is 57.0 Å². The van der Waals surface area contributed by atoms with Crippen LogP contribution in [0, 0.1) is 0 Å². The number of likely N-dealkylation sites (N-methyl/N-ethyl adjacent to an activating group) is 2. The van der Waals surface area contributed by atoms with Crippen LogP contribution >= 0.6 is 0 Å². The Hall–Kier alpha value is -3.45. The summed E-state index contributed by atoms with van der Waals surface area (Å²) in [7, 11) is -5.21. The Balaban J connectivity index is 1.51. The molecule has 5 rings (SSSR count). The van der Waals surface area contributed by atoms with Gasteiger partial charge in [0.2, 0.25) is 0 Å². The van der Waals surface area contributed by atoms with Crippen LogP contribution in [0.15, 0.2) is 80.9 Å². The zero-order chi connectivity index (χ0) is 29.7. The van der Waals surface area contributed by atoms with Gasteiger partial charge in [0.05, 0.1) is 27.0 Å². The lowest BCUT2D eigenvalue weighted by Crippen LogP contribution is -2.39. The van der Waals surface area contributed by atoms with Gasteiger partial charge in [-0.3, -0.25) is 13.9 Å². The average molecular weight is 587 g/mol. The number of hydrogen-bond donors (Lipinski definition) is 3. The van der Waals surface area contributed by atoms with E-state index in [1.807, 2.05) is 44.5 Å². The minimum absolute atomic E-state index is 0.119. The summed E-state index contributed by atoms with van der Waals surface area (Å²) in [6.45, 7) is 7.51. The van der Waals surface area contributed by atoms with Gasteiger partial charge in [0.1, 0.15) is 5.76 Å². The molecule has 1 aliphatic carbocycles. The monoisotopic (exact) mass is 586 g/mol. The predicted octanol–water partition coefficient (Wildman–Crippen LogP) is 3.91. The minimum atomic E-state index is -4.40. The molecule has 1 unspecified atom stereocenters. The zero-order valence-electron chi connectivity index (χ0n) is 22.8. The molecule has 0 bridgehead atoms. The van der Waals surface area contributed by atoms with Crippen molar-refractivity contribution in [2.75, 3.05) is 23.9 Å². The molecule has 2 aromatic rings. The summed E-state index contributed by atoms with van der Waals surface area (Å²) in [5, 5.41) is 11.0. The second-order valence-corrected chi connectivity index (χ2v) is 14.3. The van der Waals surface area contributed by atoms with Crippen LogP contribution in [0.4, 0.5) is 11.4 Å². The molecular weight excluding hydrogens is 556 g/mol. The normalized spacial score (nSPS) is 23.6. The van der Waals surface area contributed by atoms with E-state index in [1.165, 1.54) is 24.3 Å². The van der Waals surface area contributed by atoms with Crippen molar-refractivity contribution < 1.29 is 35.8 Å². The van der Waals surface area contributed by atoms with Crippen molar-refractivity contribution in [3.63, 3.8) is 0 Å². The molecule has 0 aromatic heterocycles. The van der Waals surface area contributed by atoms with E-state index in [4.69, 9.17) is 0 Å². The summed E-state index contributed by atoms with van der Waals surface area (Å²) in [6.07, 6.45) is 3.27. The first-order valence-electron chi connectivity index (χ1n) is 12.4. The summed E-state index contributed by atoms with van der Waals surface area (Å²) in [5.74, 6) is -0.530. The summed E-state index contributed by atoms with van der Waals surface area (Å²) >= 11 is 0. The van der Waals surface area contributed by atoms with Crippen molar-refractivity contribution in [3.8, 4) is 0 Å². The molecule has 2 heterocycles. The lowest BCUT2D eigenvalue weighted by Gasteiger charge is -2.32. The summed E-state index contributed by atoms with van der Waals surface area (Å²) in [4.78, 5) is 16.6. The predicted molar refractivity (Wildman–Crippen MR) is 150 cm³/mol. The number of ketones is 1. The molecule has 0 saturated heterocycles. The maximum Gasteiger partial charge on any atom is 0.294 e. The van der Waals surface area contributed by atoms with Gasteiger partial charge in [-0.25, -0.2) is 0 Å². The Morgan fingerprint density at radius 2 is 1.38 bits per heavy atom. The Kier molecular flexibility index (Phi) is 5.99. The number of allylic oxidation sites excluding steroid dienone is 4. The highest BCUT2D eigenvalue weighted by atomic mass is 32.2. The molecule has 0 saturated carbocycles. The Morgan fingerprint density at radius 3 is 1.90 bits per heavy atom. The van der Waals surface area contributed by atoms with Gasteiger partial charge in [-0.05, 0) is 59.7 Å². The summed E-state index contributed by atoms with van der Waals surface area (Å²) in [6, 6.07) is 8.27. The van der Waals surface area contributed by atoms with Crippen molar-refractivity contribution in [1.29, 1.82) is 0 Å². The highest BCUT2D eigenvalue weighted by Crippen LogP contribution is 2.50. The highest BCUT2D eigenvalue weighted by Gasteiger charge is 2.46. The summed E-state index contributed by atoms with van der Waals surface area (Å²) in [5.41, 5.74) is 2.31. The molecular formula is C28H30N2O8S2. The van der Waals surface area contributed by atoms with E-state index in [0.717, 1.165) is 5.69 Å². The molecule has 3 N–H and O–H groups in total. The molecule has 10 nitrogen and oxygen atoms in total. The number of hydrogen-bond acceptors (Lipinski definition) is 8. The van der Waals surface area contributed by atoms with Crippen LogP contribution in [0.3, 0.4) is 0 Å². The second-order valence-electron chi connectivity index (χ2n) is 11.5. The number of carbonyl (C=O) groups is 1. The van der Waals surface area contributed by atoms with Gasteiger partial charge >= 0.3 is 0 Å². The topological polar surface area (TPSA) is 153 Å². The van der Waals surface area contributed by atoms with Crippen LogP contribution in [-0.2, 0) is 35.9 Å². The van der Waals surface area contributed by atoms with Crippen molar-refractivity contribution in [1.82, 2.24) is 0 Å². The first kappa shape index (κ1) is 28.1. The largest absolute Gasteiger partial charge is 0.506 e. The van der Waals surface area contributed by atoms with Crippen LogP contribution in [0.2, 0.25) is 0 Å². The third-order valence-corrected chi connectivity index (χ3v) is 10.1. The number of anilines is 2. The lowest BCUT2D eigenvalue weighted by atomic mass is 9.76. The van der Waals surface area contributed by atoms with Gasteiger partial charge in [-0.2, -0.15) is 16.8 Å². The molecule has 212 valence electrons. The Labute approximate surface area is 233 Å². The third-order valence-electron chi connectivity index (χ3n) is 8.40. The molecule has 0 fully saturated rings. The fourth-order valence-electron chi connectivity index (χ4n) is 6.07. The minimum Gasteiger partial charge on any atom is -0.506 e. The van der Waals surface area contributed by atoms with E-state index in [0.29, 0.717) is 22.5 Å². The van der Waals surface area contributed by atoms with Crippen molar-refractivity contribution in [2.24, 2.45) is 0 Å². The van der Waals surface area contributed by atoms with Crippen LogP contribution < -0.4 is 9.80 Å². The SMILES string of the molecule is CN1/C(=C/C2=C(O)C(=C\C3N(C)c4ccc(S(=O)(=O)O)cc4C3(C)C)/C2=O)C(C)(C)c2cc(S(=O)(=O)O)ccc21. The number of nitrogens with zero attached hydrogens (tertiary/aromatic N) is 2. The number of aliphatic hydroxyl groups excluding tert-OH is 1. The van der Waals surface area contributed by atoms with Gasteiger partial charge in [-0.15, -0.1) is 0 Å². The standard InChI is InChI=1S/C28H30N2O8S2/c1-27(2)19-11-15(39(33,34)35)7-9-21(19)29(5)23(27)13-17-25(31)18(26(17)32)14-24-28(3,4)20-12-16(40(36,37)38)8-10-22(20)30(24)6/h7-14,23,31H,1-6H3,(H,33,34,35)(H,36,37,38)/b17-13+,24-14+. The number of benzene rings is 2. The average Bonchev–Trinajstić information content (AvgIpc) is 3.16. The van der Waals surface area contributed by atoms with Crippen LogP contribution in [0.25, 0.3) is 0 Å². The van der Waals surface area contributed by atoms with Crippen molar-refractivity contribution in [3.05, 3.63) is 82.3 Å². The van der Waals surface area contributed by atoms with E-state index in [1.54, 1.807) is 31.3 Å². The van der Waals surface area contributed by atoms with Gasteiger partial charge in [0.25, 0.3) is 20.2 Å². The molecule has 2 aromatic carbocycles. The molecule has 0 radical (unpaired) electrons.